The van der Waals surface area contributed by atoms with Crippen LogP contribution in [0, 0.1) is 0 Å². The van der Waals surface area contributed by atoms with E-state index in [0.717, 1.165) is 0 Å². The standard InChI is InChI=1S/C14H3Cl9O2/c15-5-2-1-3(7(17)9(19)10(20)12(1)24)6(16)8(18)4(2)14(23,25)13(22)11(5)21/h13,24-25H. The van der Waals surface area contributed by atoms with Crippen molar-refractivity contribution in [1.82, 2.24) is 0 Å². The molecule has 2 aromatic carbocycles. The maximum atomic E-state index is 10.7. The monoisotopic (exact) mass is 518 g/mol. The zero-order chi connectivity index (χ0) is 19.0. The lowest BCUT2D eigenvalue weighted by Gasteiger charge is -2.35. The van der Waals surface area contributed by atoms with Gasteiger partial charge in [-0.15, -0.1) is 11.6 Å². The van der Waals surface area contributed by atoms with E-state index in [1.807, 2.05) is 0 Å². The maximum absolute atomic E-state index is 10.7. The summed E-state index contributed by atoms with van der Waals surface area (Å²) in [5.41, 5.74) is -0.129. The van der Waals surface area contributed by atoms with Crippen LogP contribution >= 0.6 is 104 Å². The van der Waals surface area contributed by atoms with Crippen molar-refractivity contribution in [3.05, 3.63) is 41.3 Å². The largest absolute Gasteiger partial charge is 0.506 e. The van der Waals surface area contributed by atoms with E-state index in [9.17, 15) is 10.2 Å². The van der Waals surface area contributed by atoms with Crippen LogP contribution in [-0.2, 0) is 5.06 Å². The number of alkyl halides is 2. The molecule has 2 N–H and O–H groups in total. The number of rotatable bonds is 0. The van der Waals surface area contributed by atoms with Crippen molar-refractivity contribution >= 4 is 120 Å². The summed E-state index contributed by atoms with van der Waals surface area (Å²) in [5.74, 6) is -0.482. The van der Waals surface area contributed by atoms with E-state index in [-0.39, 0.29) is 57.1 Å². The van der Waals surface area contributed by atoms with Gasteiger partial charge in [0, 0.05) is 21.9 Å². The Morgan fingerprint density at radius 1 is 0.760 bits per heavy atom. The molecule has 134 valence electrons. The van der Waals surface area contributed by atoms with E-state index < -0.39 is 16.2 Å². The predicted octanol–water partition coefficient (Wildman–Crippen LogP) is 7.96. The van der Waals surface area contributed by atoms with Crippen LogP contribution in [0.15, 0.2) is 5.03 Å². The molecule has 2 aromatic rings. The van der Waals surface area contributed by atoms with Gasteiger partial charge in [0.05, 0.1) is 30.2 Å². The van der Waals surface area contributed by atoms with Gasteiger partial charge in [-0.2, -0.15) is 0 Å². The maximum Gasteiger partial charge on any atom is 0.188 e. The van der Waals surface area contributed by atoms with Gasteiger partial charge in [-0.3, -0.25) is 0 Å². The second kappa shape index (κ2) is 6.70. The van der Waals surface area contributed by atoms with Gasteiger partial charge in [-0.25, -0.2) is 0 Å². The van der Waals surface area contributed by atoms with Gasteiger partial charge in [0.1, 0.15) is 16.1 Å². The van der Waals surface area contributed by atoms with Crippen LogP contribution < -0.4 is 0 Å². The first kappa shape index (κ1) is 20.5. The van der Waals surface area contributed by atoms with Crippen molar-refractivity contribution in [2.24, 2.45) is 0 Å². The number of aromatic hydroxyl groups is 1. The molecule has 0 heterocycles. The molecule has 0 saturated carbocycles. The Labute approximate surface area is 186 Å². The summed E-state index contributed by atoms with van der Waals surface area (Å²) in [7, 11) is 0. The Kier molecular flexibility index (Phi) is 5.51. The number of aliphatic hydroxyl groups is 1. The van der Waals surface area contributed by atoms with Crippen LogP contribution in [0.3, 0.4) is 0 Å². The molecular formula is C14H3Cl9O2. The highest BCUT2D eigenvalue weighted by Crippen LogP contribution is 2.59. The van der Waals surface area contributed by atoms with E-state index in [0.29, 0.717) is 0 Å². The van der Waals surface area contributed by atoms with Crippen molar-refractivity contribution in [2.75, 3.05) is 0 Å². The molecule has 0 spiro atoms. The average molecular weight is 522 g/mol. The van der Waals surface area contributed by atoms with Gasteiger partial charge in [0.15, 0.2) is 5.06 Å². The third-order valence-corrected chi connectivity index (χ3v) is 8.00. The number of hydrogen-bond acceptors (Lipinski definition) is 2. The highest BCUT2D eigenvalue weighted by molar-refractivity contribution is 6.61. The molecule has 2 nitrogen and oxygen atoms in total. The zero-order valence-corrected chi connectivity index (χ0v) is 18.2. The topological polar surface area (TPSA) is 40.5 Å². The van der Waals surface area contributed by atoms with Crippen LogP contribution in [0.5, 0.6) is 5.75 Å². The minimum atomic E-state index is -2.26. The summed E-state index contributed by atoms with van der Waals surface area (Å²) < 4.78 is 0. The van der Waals surface area contributed by atoms with Crippen LogP contribution in [0.25, 0.3) is 15.8 Å². The molecule has 0 radical (unpaired) electrons. The summed E-state index contributed by atoms with van der Waals surface area (Å²) in [6.45, 7) is 0. The third kappa shape index (κ3) is 2.73. The molecule has 11 heteroatoms. The first-order chi connectivity index (χ1) is 11.4. The fourth-order valence-electron chi connectivity index (χ4n) is 2.63. The Bertz CT molecular complexity index is 981. The molecule has 0 fully saturated rings. The number of benzene rings is 2. The fourth-order valence-corrected chi connectivity index (χ4v) is 5.22. The second-order valence-electron chi connectivity index (χ2n) is 5.12. The van der Waals surface area contributed by atoms with Gasteiger partial charge in [0.25, 0.3) is 0 Å². The van der Waals surface area contributed by atoms with Gasteiger partial charge < -0.3 is 10.2 Å². The van der Waals surface area contributed by atoms with E-state index in [1.165, 1.54) is 0 Å². The molecule has 0 aromatic heterocycles. The molecule has 0 amide bonds. The average Bonchev–Trinajstić information content (AvgIpc) is 2.56. The van der Waals surface area contributed by atoms with E-state index in [4.69, 9.17) is 104 Å². The normalized spacial score (nSPS) is 23.4. The third-order valence-electron chi connectivity index (χ3n) is 3.77. The Morgan fingerprint density at radius 2 is 1.28 bits per heavy atom. The Morgan fingerprint density at radius 3 is 1.84 bits per heavy atom. The van der Waals surface area contributed by atoms with Crippen LogP contribution in [0.2, 0.25) is 25.1 Å². The first-order valence-corrected chi connectivity index (χ1v) is 9.71. The van der Waals surface area contributed by atoms with Crippen LogP contribution in [0.4, 0.5) is 0 Å². The smallest absolute Gasteiger partial charge is 0.188 e. The molecule has 0 aliphatic heterocycles. The second-order valence-corrected chi connectivity index (χ2v) is 8.80. The van der Waals surface area contributed by atoms with E-state index in [2.05, 4.69) is 0 Å². The number of halogens is 9. The lowest BCUT2D eigenvalue weighted by Crippen LogP contribution is -2.35. The molecule has 1 aliphatic rings. The summed E-state index contributed by atoms with van der Waals surface area (Å²) in [6.07, 6.45) is 0. The fraction of sp³-hybridized carbons (Fsp3) is 0.143. The van der Waals surface area contributed by atoms with Gasteiger partial charge >= 0.3 is 0 Å². The van der Waals surface area contributed by atoms with Crippen molar-refractivity contribution < 1.29 is 10.2 Å². The molecule has 2 atom stereocenters. The van der Waals surface area contributed by atoms with Crippen molar-refractivity contribution in [1.29, 1.82) is 0 Å². The summed E-state index contributed by atoms with van der Waals surface area (Å²) in [6, 6.07) is 0. The number of phenolic OH excluding ortho intramolecular Hbond substituents is 1. The quantitative estimate of drug-likeness (QED) is 0.272. The van der Waals surface area contributed by atoms with Crippen molar-refractivity contribution in [3.8, 4) is 5.75 Å². The number of fused-ring (bicyclic) bond motifs is 3. The predicted molar refractivity (Wildman–Crippen MR) is 109 cm³/mol. The van der Waals surface area contributed by atoms with E-state index >= 15 is 0 Å². The zero-order valence-electron chi connectivity index (χ0n) is 11.4. The van der Waals surface area contributed by atoms with E-state index in [1.54, 1.807) is 0 Å². The van der Waals surface area contributed by atoms with Crippen molar-refractivity contribution in [2.45, 2.75) is 10.4 Å². The number of phenols is 1. The Hall–Kier alpha value is 0.810. The molecule has 2 unspecified atom stereocenters. The van der Waals surface area contributed by atoms with Gasteiger partial charge in [-0.05, 0) is 0 Å². The van der Waals surface area contributed by atoms with Gasteiger partial charge in [-0.1, -0.05) is 92.8 Å². The SMILES string of the molecule is Oc1c(Cl)c(Cl)c(Cl)c2c(Cl)c(Cl)c3c(c12)C(Cl)=C(Cl)C(Cl)C3(O)Cl. The summed E-state index contributed by atoms with van der Waals surface area (Å²) >= 11 is 55.5. The van der Waals surface area contributed by atoms with Crippen LogP contribution in [0.1, 0.15) is 11.1 Å². The Balaban J connectivity index is 2.73. The molecule has 0 saturated heterocycles. The highest BCUT2D eigenvalue weighted by Gasteiger charge is 2.48. The minimum Gasteiger partial charge on any atom is -0.506 e. The molecule has 0 bridgehead atoms. The first-order valence-electron chi connectivity index (χ1n) is 6.25. The summed E-state index contributed by atoms with van der Waals surface area (Å²) in [5, 5.41) is 16.7. The minimum absolute atomic E-state index is 0.00318. The highest BCUT2D eigenvalue weighted by atomic mass is 35.5. The van der Waals surface area contributed by atoms with Crippen molar-refractivity contribution in [3.63, 3.8) is 0 Å². The molecule has 1 aliphatic carbocycles. The molecule has 25 heavy (non-hydrogen) atoms. The van der Waals surface area contributed by atoms with Crippen LogP contribution in [-0.4, -0.2) is 15.6 Å². The summed E-state index contributed by atoms with van der Waals surface area (Å²) in [4.78, 5) is 0. The molecular weight excluding hydrogens is 519 g/mol. The molecule has 3 rings (SSSR count). The lowest BCUT2D eigenvalue weighted by molar-refractivity contribution is 0.133. The number of hydrogen-bond donors (Lipinski definition) is 2. The lowest BCUT2D eigenvalue weighted by atomic mass is 9.88. The van der Waals surface area contributed by atoms with Gasteiger partial charge in [0.2, 0.25) is 0 Å².